The standard InChI is InChI=1S/C15H11BrN4O2S/c16-13-7-6-12(23-13)15(22)19-18-14(21)10-4-1-2-5-11(10)20-9-3-8-17-20/h1-9H,(H,18,21)(H,19,22). The third kappa shape index (κ3) is 3.49. The number of amides is 2. The molecule has 6 nitrogen and oxygen atoms in total. The molecule has 0 fully saturated rings. The van der Waals surface area contributed by atoms with Crippen molar-refractivity contribution in [2.75, 3.05) is 0 Å². The smallest absolute Gasteiger partial charge is 0.267 e. The molecule has 3 rings (SSSR count). The molecule has 1 aromatic carbocycles. The van der Waals surface area contributed by atoms with Crippen LogP contribution in [0.25, 0.3) is 5.69 Å². The van der Waals surface area contributed by atoms with Crippen LogP contribution in [-0.4, -0.2) is 21.6 Å². The molecule has 0 unspecified atom stereocenters. The summed E-state index contributed by atoms with van der Waals surface area (Å²) in [4.78, 5) is 24.8. The first-order valence-corrected chi connectivity index (χ1v) is 8.21. The minimum atomic E-state index is -0.417. The normalized spacial score (nSPS) is 10.3. The van der Waals surface area contributed by atoms with Crippen molar-refractivity contribution in [2.45, 2.75) is 0 Å². The van der Waals surface area contributed by atoms with Gasteiger partial charge >= 0.3 is 0 Å². The highest BCUT2D eigenvalue weighted by Gasteiger charge is 2.14. The maximum Gasteiger partial charge on any atom is 0.279 e. The van der Waals surface area contributed by atoms with Crippen LogP contribution in [0.5, 0.6) is 0 Å². The van der Waals surface area contributed by atoms with E-state index in [0.29, 0.717) is 16.1 Å². The van der Waals surface area contributed by atoms with E-state index < -0.39 is 5.91 Å². The van der Waals surface area contributed by atoms with Crippen LogP contribution < -0.4 is 10.9 Å². The Labute approximate surface area is 144 Å². The Hall–Kier alpha value is -2.45. The lowest BCUT2D eigenvalue weighted by atomic mass is 10.1. The number of aromatic nitrogens is 2. The summed E-state index contributed by atoms with van der Waals surface area (Å²) in [5.41, 5.74) is 5.86. The number of hydrazine groups is 1. The van der Waals surface area contributed by atoms with E-state index in [0.717, 1.165) is 3.79 Å². The van der Waals surface area contributed by atoms with Crippen LogP contribution in [0, 0.1) is 0 Å². The van der Waals surface area contributed by atoms with Gasteiger partial charge < -0.3 is 0 Å². The quantitative estimate of drug-likeness (QED) is 0.675. The number of halogens is 1. The molecule has 0 aliphatic rings. The van der Waals surface area contributed by atoms with Crippen molar-refractivity contribution in [3.05, 3.63) is 69.1 Å². The molecular weight excluding hydrogens is 380 g/mol. The van der Waals surface area contributed by atoms with Crippen molar-refractivity contribution in [2.24, 2.45) is 0 Å². The number of carbonyl (C=O) groups is 2. The largest absolute Gasteiger partial charge is 0.279 e. The first-order valence-electron chi connectivity index (χ1n) is 6.60. The lowest BCUT2D eigenvalue weighted by molar-refractivity contribution is 0.0849. The van der Waals surface area contributed by atoms with Crippen molar-refractivity contribution in [3.63, 3.8) is 0 Å². The highest BCUT2D eigenvalue weighted by atomic mass is 79.9. The van der Waals surface area contributed by atoms with E-state index in [1.54, 1.807) is 53.5 Å². The fraction of sp³-hybridized carbons (Fsp3) is 0. The van der Waals surface area contributed by atoms with Crippen LogP contribution in [0.1, 0.15) is 20.0 Å². The van der Waals surface area contributed by atoms with Crippen molar-refractivity contribution in [1.82, 2.24) is 20.6 Å². The van der Waals surface area contributed by atoms with E-state index in [2.05, 4.69) is 31.9 Å². The average Bonchev–Trinajstić information content (AvgIpc) is 3.24. The maximum atomic E-state index is 12.3. The molecule has 2 aromatic heterocycles. The average molecular weight is 391 g/mol. The Bertz CT molecular complexity index is 845. The number of para-hydroxylation sites is 1. The van der Waals surface area contributed by atoms with Gasteiger partial charge in [0.05, 0.1) is 19.9 Å². The summed E-state index contributed by atoms with van der Waals surface area (Å²) in [6.45, 7) is 0. The first kappa shape index (κ1) is 15.4. The van der Waals surface area contributed by atoms with Gasteiger partial charge in [0, 0.05) is 12.4 Å². The van der Waals surface area contributed by atoms with Gasteiger partial charge in [-0.1, -0.05) is 12.1 Å². The van der Waals surface area contributed by atoms with Gasteiger partial charge in [0.1, 0.15) is 0 Å². The van der Waals surface area contributed by atoms with Gasteiger partial charge in [-0.05, 0) is 46.3 Å². The summed E-state index contributed by atoms with van der Waals surface area (Å²) >= 11 is 4.57. The van der Waals surface area contributed by atoms with Gasteiger partial charge in [0.15, 0.2) is 0 Å². The van der Waals surface area contributed by atoms with Crippen LogP contribution >= 0.6 is 27.3 Å². The van der Waals surface area contributed by atoms with Crippen molar-refractivity contribution in [1.29, 1.82) is 0 Å². The molecule has 2 heterocycles. The molecule has 3 aromatic rings. The van der Waals surface area contributed by atoms with Crippen LogP contribution in [0.3, 0.4) is 0 Å². The monoisotopic (exact) mass is 390 g/mol. The van der Waals surface area contributed by atoms with Gasteiger partial charge in [-0.2, -0.15) is 5.10 Å². The molecule has 0 aliphatic heterocycles. The van der Waals surface area contributed by atoms with E-state index in [-0.39, 0.29) is 5.91 Å². The molecule has 0 spiro atoms. The molecule has 116 valence electrons. The van der Waals surface area contributed by atoms with Crippen molar-refractivity contribution < 1.29 is 9.59 Å². The number of benzene rings is 1. The van der Waals surface area contributed by atoms with E-state index >= 15 is 0 Å². The maximum absolute atomic E-state index is 12.3. The molecule has 0 bridgehead atoms. The number of hydrogen-bond acceptors (Lipinski definition) is 4. The predicted molar refractivity (Wildman–Crippen MR) is 90.5 cm³/mol. The molecule has 23 heavy (non-hydrogen) atoms. The third-order valence-corrected chi connectivity index (χ3v) is 4.61. The zero-order valence-electron chi connectivity index (χ0n) is 11.7. The molecule has 0 saturated heterocycles. The van der Waals surface area contributed by atoms with Gasteiger partial charge in [0.25, 0.3) is 11.8 Å². The molecule has 0 radical (unpaired) electrons. The fourth-order valence-electron chi connectivity index (χ4n) is 1.96. The fourth-order valence-corrected chi connectivity index (χ4v) is 3.24. The van der Waals surface area contributed by atoms with Crippen LogP contribution in [0.4, 0.5) is 0 Å². The zero-order chi connectivity index (χ0) is 16.2. The second-order valence-corrected chi connectivity index (χ2v) is 6.94. The topological polar surface area (TPSA) is 76.0 Å². The van der Waals surface area contributed by atoms with E-state index in [4.69, 9.17) is 0 Å². The Kier molecular flexibility index (Phi) is 4.54. The second kappa shape index (κ2) is 6.76. The number of carbonyl (C=O) groups excluding carboxylic acids is 2. The third-order valence-electron chi connectivity index (χ3n) is 2.99. The number of rotatable bonds is 3. The summed E-state index contributed by atoms with van der Waals surface area (Å²) in [6.07, 6.45) is 3.37. The van der Waals surface area contributed by atoms with Gasteiger partial charge in [-0.15, -0.1) is 11.3 Å². The van der Waals surface area contributed by atoms with Gasteiger partial charge in [-0.25, -0.2) is 4.68 Å². The molecule has 2 N–H and O–H groups in total. The zero-order valence-corrected chi connectivity index (χ0v) is 14.1. The molecular formula is C15H11BrN4O2S. The van der Waals surface area contributed by atoms with Gasteiger partial charge in [-0.3, -0.25) is 20.4 Å². The van der Waals surface area contributed by atoms with Crippen LogP contribution in [0.2, 0.25) is 0 Å². The van der Waals surface area contributed by atoms with E-state index in [1.165, 1.54) is 11.3 Å². The molecule has 0 saturated carbocycles. The molecule has 2 amide bonds. The Morgan fingerprint density at radius 2 is 1.83 bits per heavy atom. The second-order valence-electron chi connectivity index (χ2n) is 4.48. The van der Waals surface area contributed by atoms with E-state index in [1.807, 2.05) is 6.07 Å². The number of nitrogens with zero attached hydrogens (tertiary/aromatic N) is 2. The highest BCUT2D eigenvalue weighted by Crippen LogP contribution is 2.21. The summed E-state index contributed by atoms with van der Waals surface area (Å²) in [5.74, 6) is -0.786. The van der Waals surface area contributed by atoms with E-state index in [9.17, 15) is 9.59 Å². The minimum Gasteiger partial charge on any atom is -0.267 e. The number of hydrogen-bond donors (Lipinski definition) is 2. The summed E-state index contributed by atoms with van der Waals surface area (Å²) in [6, 6.07) is 12.2. The number of nitrogens with one attached hydrogen (secondary N) is 2. The van der Waals surface area contributed by atoms with Gasteiger partial charge in [0.2, 0.25) is 0 Å². The predicted octanol–water partition coefficient (Wildman–Crippen LogP) is 2.77. The molecule has 0 atom stereocenters. The lowest BCUT2D eigenvalue weighted by Crippen LogP contribution is -2.41. The first-order chi connectivity index (χ1) is 11.1. The Balaban J connectivity index is 1.73. The van der Waals surface area contributed by atoms with Crippen LogP contribution in [-0.2, 0) is 0 Å². The molecule has 0 aliphatic carbocycles. The minimum absolute atomic E-state index is 0.370. The number of thiophene rings is 1. The summed E-state index contributed by atoms with van der Waals surface area (Å²) in [5, 5.41) is 4.12. The molecule has 8 heteroatoms. The van der Waals surface area contributed by atoms with Crippen LogP contribution in [0.15, 0.2) is 58.6 Å². The summed E-state index contributed by atoms with van der Waals surface area (Å²) < 4.78 is 2.44. The summed E-state index contributed by atoms with van der Waals surface area (Å²) in [7, 11) is 0. The Morgan fingerprint density at radius 3 is 2.52 bits per heavy atom. The van der Waals surface area contributed by atoms with Crippen molar-refractivity contribution in [3.8, 4) is 5.69 Å². The Morgan fingerprint density at radius 1 is 1.04 bits per heavy atom. The van der Waals surface area contributed by atoms with Crippen molar-refractivity contribution >= 4 is 39.1 Å². The SMILES string of the molecule is O=C(NNC(=O)c1ccccc1-n1cccn1)c1ccc(Br)s1. The highest BCUT2D eigenvalue weighted by molar-refractivity contribution is 9.11. The lowest BCUT2D eigenvalue weighted by Gasteiger charge is -2.10.